The lowest BCUT2D eigenvalue weighted by Gasteiger charge is -2.33. The Labute approximate surface area is 311 Å². The average molecular weight is 709 g/mol. The number of aromatic hydroxyl groups is 6. The molecule has 0 bridgehead atoms. The van der Waals surface area contributed by atoms with Gasteiger partial charge in [-0.15, -0.1) is 0 Å². The highest BCUT2D eigenvalue weighted by molar-refractivity contribution is 5.55. The zero-order chi connectivity index (χ0) is 38.3. The highest BCUT2D eigenvalue weighted by Crippen LogP contribution is 2.43. The van der Waals surface area contributed by atoms with Crippen LogP contribution in [0.4, 0.5) is 0 Å². The molecule has 0 aliphatic carbocycles. The summed E-state index contributed by atoms with van der Waals surface area (Å²) in [5.74, 6) is 0.930. The van der Waals surface area contributed by atoms with Crippen molar-refractivity contribution < 1.29 is 30.6 Å². The summed E-state index contributed by atoms with van der Waals surface area (Å²) in [4.78, 5) is 0. The monoisotopic (exact) mass is 708 g/mol. The quantitative estimate of drug-likeness (QED) is 0.0843. The van der Waals surface area contributed by atoms with Crippen molar-refractivity contribution in [3.05, 3.63) is 177 Å². The van der Waals surface area contributed by atoms with Crippen LogP contribution in [-0.2, 0) is 29.1 Å². The molecule has 0 unspecified atom stereocenters. The van der Waals surface area contributed by atoms with Gasteiger partial charge >= 0.3 is 0 Å². The molecule has 0 radical (unpaired) electrons. The molecule has 6 nitrogen and oxygen atoms in total. The van der Waals surface area contributed by atoms with Crippen LogP contribution in [-0.4, -0.2) is 30.6 Å². The van der Waals surface area contributed by atoms with Crippen LogP contribution in [0.5, 0.6) is 34.5 Å². The predicted molar refractivity (Wildman–Crippen MR) is 211 cm³/mol. The van der Waals surface area contributed by atoms with Gasteiger partial charge in [0.05, 0.1) is 0 Å². The highest BCUT2D eigenvalue weighted by atomic mass is 16.3. The van der Waals surface area contributed by atoms with Gasteiger partial charge in [0, 0.05) is 16.2 Å². The van der Waals surface area contributed by atoms with E-state index in [0.717, 1.165) is 55.6 Å². The first-order valence-electron chi connectivity index (χ1n) is 17.9. The minimum Gasteiger partial charge on any atom is -0.508 e. The van der Waals surface area contributed by atoms with E-state index in [9.17, 15) is 30.6 Å². The number of rotatable bonds is 10. The Balaban J connectivity index is 1.44. The topological polar surface area (TPSA) is 121 Å². The van der Waals surface area contributed by atoms with Crippen LogP contribution in [0.1, 0.15) is 97.2 Å². The normalized spacial score (nSPS) is 12.2. The number of hydrogen-bond donors (Lipinski definition) is 6. The van der Waals surface area contributed by atoms with Gasteiger partial charge in [-0.2, -0.15) is 0 Å². The Morgan fingerprint density at radius 3 is 0.792 bits per heavy atom. The zero-order valence-electron chi connectivity index (χ0n) is 31.1. The summed E-state index contributed by atoms with van der Waals surface area (Å²) in [5.41, 5.74) is 7.97. The maximum Gasteiger partial charge on any atom is 0.115 e. The van der Waals surface area contributed by atoms with Gasteiger partial charge in [0.2, 0.25) is 0 Å². The molecule has 272 valence electrons. The molecule has 0 aliphatic heterocycles. The Morgan fingerprint density at radius 2 is 0.528 bits per heavy atom. The first-order chi connectivity index (χ1) is 25.0. The molecule has 0 saturated carbocycles. The van der Waals surface area contributed by atoms with Crippen LogP contribution in [0, 0.1) is 0 Å². The van der Waals surface area contributed by atoms with E-state index >= 15 is 0 Å². The molecule has 0 fully saturated rings. The second-order valence-electron chi connectivity index (χ2n) is 15.7. The molecule has 0 saturated heterocycles. The fraction of sp³-hybridized carbons (Fsp3) is 0.234. The molecule has 0 heterocycles. The van der Waals surface area contributed by atoms with Gasteiger partial charge in [0.15, 0.2) is 0 Å². The van der Waals surface area contributed by atoms with Crippen molar-refractivity contribution in [3.63, 3.8) is 0 Å². The lowest BCUT2D eigenvalue weighted by atomic mass is 9.71. The van der Waals surface area contributed by atoms with Crippen LogP contribution in [0.25, 0.3) is 0 Å². The Kier molecular flexibility index (Phi) is 9.69. The van der Waals surface area contributed by atoms with Crippen molar-refractivity contribution in [3.8, 4) is 34.5 Å². The predicted octanol–water partition coefficient (Wildman–Crippen LogP) is 10.1. The summed E-state index contributed by atoms with van der Waals surface area (Å²) in [6, 6.07) is 36.0. The van der Waals surface area contributed by atoms with Crippen LogP contribution in [0.2, 0.25) is 0 Å². The number of hydrogen-bond acceptors (Lipinski definition) is 6. The largest absolute Gasteiger partial charge is 0.508 e. The van der Waals surface area contributed by atoms with E-state index in [2.05, 4.69) is 41.5 Å². The molecule has 6 heteroatoms. The van der Waals surface area contributed by atoms with E-state index in [1.165, 1.54) is 0 Å². The number of benzene rings is 6. The van der Waals surface area contributed by atoms with Crippen LogP contribution >= 0.6 is 0 Å². The smallest absolute Gasteiger partial charge is 0.115 e. The number of phenols is 6. The van der Waals surface area contributed by atoms with Gasteiger partial charge in [-0.25, -0.2) is 0 Å². The summed E-state index contributed by atoms with van der Waals surface area (Å²) >= 11 is 0. The first kappa shape index (κ1) is 36.9. The standard InChI is InChI=1S/C47H48O6/c1-45(2,33-7-11-35(48)12-8-33)41-19-15-37(50)25-29(41)23-31-27-39(52)17-21-43(31)47(5,6)44-22-18-40(53)28-32(44)24-30-26-38(51)16-20-42(30)46(3,4)34-9-13-36(49)14-10-34/h7-22,25-28,48-53H,23-24H2,1-6H3. The van der Waals surface area contributed by atoms with Crippen molar-refractivity contribution in [2.45, 2.75) is 70.6 Å². The molecular weight excluding hydrogens is 661 g/mol. The highest BCUT2D eigenvalue weighted by Gasteiger charge is 2.32. The van der Waals surface area contributed by atoms with Gasteiger partial charge in [-0.05, 0) is 141 Å². The molecule has 0 amide bonds. The fourth-order valence-electron chi connectivity index (χ4n) is 7.97. The Hall–Kier alpha value is -5.88. The van der Waals surface area contributed by atoms with E-state index in [4.69, 9.17) is 0 Å². The second kappa shape index (κ2) is 13.9. The summed E-state index contributed by atoms with van der Waals surface area (Å²) in [7, 11) is 0. The SMILES string of the molecule is CC(C)(c1ccc(O)cc1)c1ccc(O)cc1Cc1cc(O)ccc1C(C)(C)c1ccc(O)cc1Cc1cc(O)ccc1C(C)(C)c1ccc(O)cc1. The maximum absolute atomic E-state index is 10.8. The third-order valence-electron chi connectivity index (χ3n) is 11.0. The second-order valence-corrected chi connectivity index (χ2v) is 15.7. The van der Waals surface area contributed by atoms with Crippen molar-refractivity contribution >= 4 is 0 Å². The summed E-state index contributed by atoms with van der Waals surface area (Å²) in [6.45, 7) is 12.7. The molecule has 0 aromatic heterocycles. The van der Waals surface area contributed by atoms with Crippen LogP contribution in [0.15, 0.2) is 121 Å². The summed E-state index contributed by atoms with van der Waals surface area (Å²) in [6.07, 6.45) is 0.840. The number of phenolic OH excluding ortho intramolecular Hbond substituents is 6. The van der Waals surface area contributed by atoms with Crippen molar-refractivity contribution in [2.24, 2.45) is 0 Å². The molecule has 0 aliphatic rings. The van der Waals surface area contributed by atoms with Gasteiger partial charge in [0.1, 0.15) is 34.5 Å². The summed E-state index contributed by atoms with van der Waals surface area (Å²) in [5, 5.41) is 63.0. The molecular formula is C47H48O6. The van der Waals surface area contributed by atoms with Gasteiger partial charge < -0.3 is 30.6 Å². The third kappa shape index (κ3) is 7.40. The van der Waals surface area contributed by atoms with Gasteiger partial charge in [0.25, 0.3) is 0 Å². The van der Waals surface area contributed by atoms with Crippen LogP contribution in [0.3, 0.4) is 0 Å². The van der Waals surface area contributed by atoms with Gasteiger partial charge in [-0.1, -0.05) is 90.1 Å². The van der Waals surface area contributed by atoms with Gasteiger partial charge in [-0.3, -0.25) is 0 Å². The molecule has 6 aromatic rings. The van der Waals surface area contributed by atoms with E-state index in [1.807, 2.05) is 48.5 Å². The van der Waals surface area contributed by atoms with E-state index in [0.29, 0.717) is 12.8 Å². The van der Waals surface area contributed by atoms with Crippen molar-refractivity contribution in [1.29, 1.82) is 0 Å². The molecule has 6 aromatic carbocycles. The Bertz CT molecular complexity index is 2100. The van der Waals surface area contributed by atoms with E-state index in [-0.39, 0.29) is 34.5 Å². The van der Waals surface area contributed by atoms with Crippen molar-refractivity contribution in [1.82, 2.24) is 0 Å². The van der Waals surface area contributed by atoms with Crippen molar-refractivity contribution in [2.75, 3.05) is 0 Å². The lowest BCUT2D eigenvalue weighted by molar-refractivity contribution is 0.471. The Morgan fingerprint density at radius 1 is 0.302 bits per heavy atom. The minimum atomic E-state index is -0.626. The van der Waals surface area contributed by atoms with E-state index in [1.54, 1.807) is 72.8 Å². The van der Waals surface area contributed by atoms with E-state index < -0.39 is 16.2 Å². The molecule has 6 N–H and O–H groups in total. The zero-order valence-corrected chi connectivity index (χ0v) is 31.1. The lowest BCUT2D eigenvalue weighted by Crippen LogP contribution is -2.25. The average Bonchev–Trinajstić information content (AvgIpc) is 3.08. The fourth-order valence-corrected chi connectivity index (χ4v) is 7.97. The molecule has 6 rings (SSSR count). The van der Waals surface area contributed by atoms with Crippen LogP contribution < -0.4 is 0 Å². The third-order valence-corrected chi connectivity index (χ3v) is 11.0. The maximum atomic E-state index is 10.8. The minimum absolute atomic E-state index is 0.130. The first-order valence-corrected chi connectivity index (χ1v) is 17.9. The summed E-state index contributed by atoms with van der Waals surface area (Å²) < 4.78 is 0. The molecule has 0 atom stereocenters. The molecule has 0 spiro atoms. The molecule has 53 heavy (non-hydrogen) atoms.